The normalized spacial score (nSPS) is 13.6. The number of rotatable bonds is 4. The first-order valence-corrected chi connectivity index (χ1v) is 8.37. The van der Waals surface area contributed by atoms with Crippen LogP contribution in [-0.2, 0) is 30.6 Å². The van der Waals surface area contributed by atoms with Gasteiger partial charge in [0.25, 0.3) is 11.1 Å². The average molecular weight is 334 g/mol. The van der Waals surface area contributed by atoms with Crippen LogP contribution in [0.25, 0.3) is 0 Å². The number of hydrogen-bond donors (Lipinski definition) is 2. The molecule has 1 aliphatic rings. The second-order valence-corrected chi connectivity index (χ2v) is 6.89. The van der Waals surface area contributed by atoms with E-state index in [1.807, 2.05) is 0 Å². The van der Waals surface area contributed by atoms with Gasteiger partial charge in [-0.2, -0.15) is 0 Å². The van der Waals surface area contributed by atoms with Crippen LogP contribution in [0.2, 0.25) is 0 Å². The summed E-state index contributed by atoms with van der Waals surface area (Å²) in [6.07, 6.45) is 4.38. The molecule has 2 aromatic rings. The van der Waals surface area contributed by atoms with Gasteiger partial charge in [-0.25, -0.2) is 4.98 Å². The molecule has 0 aliphatic heterocycles. The minimum atomic E-state index is -0.448. The summed E-state index contributed by atoms with van der Waals surface area (Å²) in [5, 5.41) is 5.33. The maximum absolute atomic E-state index is 12.3. The predicted molar refractivity (Wildman–Crippen MR) is 86.6 cm³/mol. The molecule has 0 fully saturated rings. The Morgan fingerprint density at radius 3 is 2.87 bits per heavy atom. The molecule has 1 amide bonds. The van der Waals surface area contributed by atoms with E-state index in [1.54, 1.807) is 23.3 Å². The summed E-state index contributed by atoms with van der Waals surface area (Å²) < 4.78 is 0. The van der Waals surface area contributed by atoms with Gasteiger partial charge in [-0.1, -0.05) is 0 Å². The van der Waals surface area contributed by atoms with E-state index in [9.17, 15) is 14.4 Å². The smallest absolute Gasteiger partial charge is 0.266 e. The predicted octanol–water partition coefficient (Wildman–Crippen LogP) is 0.600. The lowest BCUT2D eigenvalue weighted by Crippen LogP contribution is -2.31. The van der Waals surface area contributed by atoms with Gasteiger partial charge < -0.3 is 4.90 Å². The summed E-state index contributed by atoms with van der Waals surface area (Å²) in [4.78, 5) is 42.6. The van der Waals surface area contributed by atoms with Crippen molar-refractivity contribution < 1.29 is 4.79 Å². The molecule has 1 aliphatic carbocycles. The fourth-order valence-corrected chi connectivity index (χ4v) is 3.86. The lowest BCUT2D eigenvalue weighted by molar-refractivity contribution is -0.129. The summed E-state index contributed by atoms with van der Waals surface area (Å²) in [5.74, 6) is -0.214. The number of carbonyl (C=O) groups excluding carboxylic acids is 1. The van der Waals surface area contributed by atoms with E-state index in [0.29, 0.717) is 6.54 Å². The summed E-state index contributed by atoms with van der Waals surface area (Å²) in [7, 11) is 1.68. The highest BCUT2D eigenvalue weighted by Crippen LogP contribution is 2.27. The van der Waals surface area contributed by atoms with Gasteiger partial charge >= 0.3 is 0 Å². The van der Waals surface area contributed by atoms with Crippen LogP contribution in [0.1, 0.15) is 34.0 Å². The van der Waals surface area contributed by atoms with Crippen molar-refractivity contribution in [3.8, 4) is 0 Å². The summed E-state index contributed by atoms with van der Waals surface area (Å²) >= 11 is 1.67. The molecule has 0 saturated heterocycles. The topological polar surface area (TPSA) is 98.9 Å². The molecule has 8 heteroatoms. The second kappa shape index (κ2) is 6.49. The zero-order valence-electron chi connectivity index (χ0n) is 12.8. The minimum Gasteiger partial charge on any atom is -0.339 e. The first-order chi connectivity index (χ1) is 11.0. The molecule has 2 heterocycles. The van der Waals surface area contributed by atoms with E-state index >= 15 is 0 Å². The highest BCUT2D eigenvalue weighted by Gasteiger charge is 2.18. The van der Waals surface area contributed by atoms with E-state index in [-0.39, 0.29) is 17.9 Å². The van der Waals surface area contributed by atoms with Gasteiger partial charge in [-0.3, -0.25) is 24.6 Å². The van der Waals surface area contributed by atoms with Crippen LogP contribution in [0.3, 0.4) is 0 Å². The van der Waals surface area contributed by atoms with Gasteiger partial charge in [0.2, 0.25) is 5.91 Å². The second-order valence-electron chi connectivity index (χ2n) is 5.72. The highest BCUT2D eigenvalue weighted by atomic mass is 32.1. The van der Waals surface area contributed by atoms with Gasteiger partial charge in [0, 0.05) is 23.6 Å². The quantitative estimate of drug-likeness (QED) is 0.855. The van der Waals surface area contributed by atoms with Crippen molar-refractivity contribution >= 4 is 17.2 Å². The van der Waals surface area contributed by atoms with Crippen LogP contribution in [0.4, 0.5) is 0 Å². The molecule has 0 saturated carbocycles. The van der Waals surface area contributed by atoms with Crippen LogP contribution < -0.4 is 11.1 Å². The lowest BCUT2D eigenvalue weighted by Gasteiger charge is -2.15. The van der Waals surface area contributed by atoms with E-state index in [2.05, 4.69) is 15.2 Å². The Bertz CT molecular complexity index is 812. The summed E-state index contributed by atoms with van der Waals surface area (Å²) in [6, 6.07) is 1.16. The van der Waals surface area contributed by atoms with Crippen molar-refractivity contribution in [3.05, 3.63) is 47.9 Å². The number of nitrogens with zero attached hydrogens (tertiary/aromatic N) is 2. The summed E-state index contributed by atoms with van der Waals surface area (Å²) in [5.41, 5.74) is 0.464. The molecule has 0 spiro atoms. The van der Waals surface area contributed by atoms with E-state index in [4.69, 9.17) is 0 Å². The van der Waals surface area contributed by atoms with Crippen molar-refractivity contribution in [2.75, 3.05) is 7.05 Å². The molecule has 0 aromatic carbocycles. The van der Waals surface area contributed by atoms with E-state index < -0.39 is 11.1 Å². The van der Waals surface area contributed by atoms with E-state index in [0.717, 1.165) is 23.9 Å². The molecule has 23 heavy (non-hydrogen) atoms. The standard InChI is InChI=1S/C15H18N4O3S/c1-19(8-13-16-10-4-2-3-5-11(10)23-13)14(21)7-9-6-12(20)17-18-15(9)22/h6H,2-5,7-8H2,1H3,(H,17,20)(H,18,22). The number of fused-ring (bicyclic) bond motifs is 1. The molecular formula is C15H18N4O3S. The fourth-order valence-electron chi connectivity index (χ4n) is 2.65. The largest absolute Gasteiger partial charge is 0.339 e. The third kappa shape index (κ3) is 3.58. The van der Waals surface area contributed by atoms with Gasteiger partial charge in [0.15, 0.2) is 0 Å². The van der Waals surface area contributed by atoms with Gasteiger partial charge in [0.05, 0.1) is 18.7 Å². The number of H-pyrrole nitrogens is 2. The molecule has 0 radical (unpaired) electrons. The monoisotopic (exact) mass is 334 g/mol. The maximum atomic E-state index is 12.3. The van der Waals surface area contributed by atoms with Gasteiger partial charge in [-0.05, 0) is 25.7 Å². The van der Waals surface area contributed by atoms with Crippen LogP contribution in [0.15, 0.2) is 15.7 Å². The number of aryl methyl sites for hydroxylation is 2. The Hall–Kier alpha value is -2.22. The number of likely N-dealkylation sites (N-methyl/N-ethyl adjacent to an activating group) is 1. The SMILES string of the molecule is CN(Cc1nc2c(s1)CCCC2)C(=O)Cc1cc(=O)[nH][nH]c1=O. The van der Waals surface area contributed by atoms with Crippen LogP contribution in [0.5, 0.6) is 0 Å². The van der Waals surface area contributed by atoms with Gasteiger partial charge in [0.1, 0.15) is 5.01 Å². The highest BCUT2D eigenvalue weighted by molar-refractivity contribution is 7.11. The third-order valence-electron chi connectivity index (χ3n) is 3.93. The van der Waals surface area contributed by atoms with Gasteiger partial charge in [-0.15, -0.1) is 11.3 Å². The molecule has 7 nitrogen and oxygen atoms in total. The molecule has 122 valence electrons. The van der Waals surface area contributed by atoms with Crippen molar-refractivity contribution in [2.45, 2.75) is 38.6 Å². The number of nitrogens with one attached hydrogen (secondary N) is 2. The average Bonchev–Trinajstić information content (AvgIpc) is 2.93. The first kappa shape index (κ1) is 15.7. The number of carbonyl (C=O) groups is 1. The summed E-state index contributed by atoms with van der Waals surface area (Å²) in [6.45, 7) is 0.428. The molecule has 0 unspecified atom stereocenters. The van der Waals surface area contributed by atoms with Crippen molar-refractivity contribution in [2.24, 2.45) is 0 Å². The minimum absolute atomic E-state index is 0.0964. The van der Waals surface area contributed by atoms with Crippen LogP contribution >= 0.6 is 11.3 Å². The third-order valence-corrected chi connectivity index (χ3v) is 5.07. The number of aromatic nitrogens is 3. The van der Waals surface area contributed by atoms with E-state index in [1.165, 1.54) is 23.4 Å². The zero-order chi connectivity index (χ0) is 16.4. The Labute approximate surface area is 136 Å². The Kier molecular flexibility index (Phi) is 4.42. The molecule has 0 atom stereocenters. The lowest BCUT2D eigenvalue weighted by atomic mass is 10.0. The van der Waals surface area contributed by atoms with Crippen LogP contribution in [-0.4, -0.2) is 33.0 Å². The number of amides is 1. The fraction of sp³-hybridized carbons (Fsp3) is 0.467. The number of aromatic amines is 2. The molecule has 3 rings (SSSR count). The molecule has 2 N–H and O–H groups in total. The first-order valence-electron chi connectivity index (χ1n) is 7.55. The molecule has 2 aromatic heterocycles. The van der Waals surface area contributed by atoms with Crippen molar-refractivity contribution in [3.63, 3.8) is 0 Å². The van der Waals surface area contributed by atoms with Crippen LogP contribution in [0, 0.1) is 0 Å². The maximum Gasteiger partial charge on any atom is 0.266 e. The Morgan fingerprint density at radius 1 is 1.30 bits per heavy atom. The Morgan fingerprint density at radius 2 is 2.09 bits per heavy atom. The molecule has 0 bridgehead atoms. The Balaban J connectivity index is 1.68. The number of hydrogen-bond acceptors (Lipinski definition) is 5. The number of thiazole rings is 1. The van der Waals surface area contributed by atoms with Crippen molar-refractivity contribution in [1.29, 1.82) is 0 Å². The van der Waals surface area contributed by atoms with Crippen molar-refractivity contribution in [1.82, 2.24) is 20.1 Å². The zero-order valence-corrected chi connectivity index (χ0v) is 13.7. The molecular weight excluding hydrogens is 316 g/mol.